The number of carbonyl (C=O) groups excluding carboxylic acids is 1. The molecule has 1 aliphatic heterocycles. The van der Waals surface area contributed by atoms with E-state index in [0.717, 1.165) is 6.42 Å². The minimum absolute atomic E-state index is 0.172. The zero-order valence-corrected chi connectivity index (χ0v) is 20.1. The lowest BCUT2D eigenvalue weighted by atomic mass is 9.78. The fourth-order valence-electron chi connectivity index (χ4n) is 4.92. The van der Waals surface area contributed by atoms with Crippen LogP contribution in [0.3, 0.4) is 0 Å². The summed E-state index contributed by atoms with van der Waals surface area (Å²) in [4.78, 5) is 24.2. The summed E-state index contributed by atoms with van der Waals surface area (Å²) >= 11 is 0. The van der Waals surface area contributed by atoms with Gasteiger partial charge in [-0.25, -0.2) is 0 Å². The van der Waals surface area contributed by atoms with Gasteiger partial charge >= 0.3 is 5.97 Å². The van der Waals surface area contributed by atoms with E-state index < -0.39 is 11.9 Å². The molecule has 0 aromatic heterocycles. The maximum Gasteiger partial charge on any atom is 0.311 e. The lowest BCUT2D eigenvalue weighted by molar-refractivity contribution is -0.139. The van der Waals surface area contributed by atoms with Crippen molar-refractivity contribution < 1.29 is 24.2 Å². The summed E-state index contributed by atoms with van der Waals surface area (Å²) in [6.07, 6.45) is 16.1. The number of carboxylic acids is 1. The van der Waals surface area contributed by atoms with Crippen molar-refractivity contribution in [3.8, 4) is 23.3 Å². The first-order valence-electron chi connectivity index (χ1n) is 12.3. The van der Waals surface area contributed by atoms with Crippen LogP contribution in [0.2, 0.25) is 0 Å². The van der Waals surface area contributed by atoms with Crippen LogP contribution in [0.1, 0.15) is 40.2 Å². The third kappa shape index (κ3) is 5.19. The minimum Gasteiger partial charge on any atom is -0.493 e. The molecule has 0 radical (unpaired) electrons. The van der Waals surface area contributed by atoms with Crippen LogP contribution in [-0.2, 0) is 4.79 Å². The highest BCUT2D eigenvalue weighted by Gasteiger charge is 2.29. The second-order valence-corrected chi connectivity index (χ2v) is 9.16. The molecule has 2 aliphatic carbocycles. The van der Waals surface area contributed by atoms with Crippen LogP contribution in [0.5, 0.6) is 17.2 Å². The molecule has 0 fully saturated rings. The van der Waals surface area contributed by atoms with Crippen LogP contribution < -0.4 is 14.8 Å². The number of carbonyl (C=O) groups is 2. The van der Waals surface area contributed by atoms with Gasteiger partial charge in [0.05, 0.1) is 18.1 Å². The van der Waals surface area contributed by atoms with E-state index in [2.05, 4.69) is 53.9 Å². The Morgan fingerprint density at radius 1 is 1.11 bits per heavy atom. The molecule has 1 amide bonds. The maximum absolute atomic E-state index is 12.7. The SMILES string of the molecule is N#Cc1cc2c(cc1Oc1ccc(C(=O)NCCC3=CC=C[C@@H]4C=CC=CC34)cc1)OCCC2C(=O)O. The van der Waals surface area contributed by atoms with E-state index in [0.29, 0.717) is 47.4 Å². The molecule has 186 valence electrons. The molecule has 1 heterocycles. The molecule has 3 aliphatic rings. The molecular formula is C30H26N2O5. The molecule has 3 atom stereocenters. The molecule has 7 nitrogen and oxygen atoms in total. The first-order chi connectivity index (χ1) is 18.0. The average molecular weight is 495 g/mol. The number of nitriles is 1. The quantitative estimate of drug-likeness (QED) is 0.542. The van der Waals surface area contributed by atoms with Gasteiger partial charge in [0, 0.05) is 35.6 Å². The van der Waals surface area contributed by atoms with E-state index >= 15 is 0 Å². The number of hydrogen-bond acceptors (Lipinski definition) is 5. The van der Waals surface area contributed by atoms with Gasteiger partial charge in [0.25, 0.3) is 5.91 Å². The van der Waals surface area contributed by atoms with Gasteiger partial charge < -0.3 is 19.9 Å². The van der Waals surface area contributed by atoms with Crippen molar-refractivity contribution in [3.05, 3.63) is 101 Å². The number of amides is 1. The van der Waals surface area contributed by atoms with Crippen molar-refractivity contribution in [2.75, 3.05) is 13.2 Å². The van der Waals surface area contributed by atoms with Gasteiger partial charge in [-0.05, 0) is 43.2 Å². The molecule has 2 N–H and O–H groups in total. The molecule has 2 aromatic rings. The second-order valence-electron chi connectivity index (χ2n) is 9.16. The van der Waals surface area contributed by atoms with Crippen LogP contribution in [0, 0.1) is 23.2 Å². The molecule has 2 unspecified atom stereocenters. The van der Waals surface area contributed by atoms with E-state index in [1.165, 1.54) is 11.6 Å². The van der Waals surface area contributed by atoms with Crippen LogP contribution in [0.15, 0.2) is 84.5 Å². The number of carboxylic acid groups (broad SMARTS) is 1. The van der Waals surface area contributed by atoms with E-state index in [4.69, 9.17) is 9.47 Å². The van der Waals surface area contributed by atoms with Gasteiger partial charge in [-0.15, -0.1) is 0 Å². The Balaban J connectivity index is 1.21. The van der Waals surface area contributed by atoms with Crippen LogP contribution in [-0.4, -0.2) is 30.1 Å². The zero-order chi connectivity index (χ0) is 25.8. The topological polar surface area (TPSA) is 109 Å². The molecule has 5 rings (SSSR count). The van der Waals surface area contributed by atoms with Gasteiger partial charge in [-0.3, -0.25) is 9.59 Å². The Kier molecular flexibility index (Phi) is 6.91. The maximum atomic E-state index is 12.7. The van der Waals surface area contributed by atoms with Gasteiger partial charge in [0.2, 0.25) is 0 Å². The number of rotatable bonds is 7. The highest BCUT2D eigenvalue weighted by atomic mass is 16.5. The minimum atomic E-state index is -0.949. The molecule has 7 heteroatoms. The van der Waals surface area contributed by atoms with Crippen molar-refractivity contribution in [3.63, 3.8) is 0 Å². The highest BCUT2D eigenvalue weighted by Crippen LogP contribution is 2.40. The van der Waals surface area contributed by atoms with Crippen LogP contribution in [0.4, 0.5) is 0 Å². The van der Waals surface area contributed by atoms with Crippen molar-refractivity contribution in [1.29, 1.82) is 5.26 Å². The predicted molar refractivity (Wildman–Crippen MR) is 138 cm³/mol. The Labute approximate surface area is 215 Å². The highest BCUT2D eigenvalue weighted by molar-refractivity contribution is 5.94. The van der Waals surface area contributed by atoms with Gasteiger partial charge in [-0.2, -0.15) is 5.26 Å². The smallest absolute Gasteiger partial charge is 0.311 e. The number of ether oxygens (including phenoxy) is 2. The van der Waals surface area contributed by atoms with Crippen molar-refractivity contribution in [2.24, 2.45) is 11.8 Å². The number of benzene rings is 2. The first kappa shape index (κ1) is 24.1. The summed E-state index contributed by atoms with van der Waals surface area (Å²) in [6, 6.07) is 11.8. The van der Waals surface area contributed by atoms with E-state index in [9.17, 15) is 20.0 Å². The fraction of sp³-hybridized carbons (Fsp3) is 0.233. The largest absolute Gasteiger partial charge is 0.493 e. The number of nitrogens with one attached hydrogen (secondary N) is 1. The Hall–Kier alpha value is -4.57. The van der Waals surface area contributed by atoms with Crippen molar-refractivity contribution in [1.82, 2.24) is 5.32 Å². The van der Waals surface area contributed by atoms with E-state index in [1.807, 2.05) is 0 Å². The standard InChI is InChI=1S/C30H26N2O5/c31-18-22-16-26-25(30(34)35)13-15-36-28(26)17-27(22)37-23-10-8-21(9-11-23)29(33)32-14-12-20-6-3-5-19-4-1-2-7-24(19)20/h1-11,16-17,19,24-25H,12-15H2,(H,32,33)(H,34,35)/t19-,24?,25?/m0/s1. The van der Waals surface area contributed by atoms with Crippen molar-refractivity contribution >= 4 is 11.9 Å². The third-order valence-corrected chi connectivity index (χ3v) is 6.86. The summed E-state index contributed by atoms with van der Waals surface area (Å²) in [5.74, 6) is 0.0132. The fourth-order valence-corrected chi connectivity index (χ4v) is 4.92. The molecule has 0 saturated heterocycles. The molecule has 0 saturated carbocycles. The summed E-state index contributed by atoms with van der Waals surface area (Å²) < 4.78 is 11.5. The molecule has 0 spiro atoms. The Morgan fingerprint density at radius 3 is 2.68 bits per heavy atom. The predicted octanol–water partition coefficient (Wildman–Crippen LogP) is 5.28. The second kappa shape index (κ2) is 10.6. The van der Waals surface area contributed by atoms with Crippen LogP contribution >= 0.6 is 0 Å². The number of allylic oxidation sites excluding steroid dienone is 7. The summed E-state index contributed by atoms with van der Waals surface area (Å²) in [5.41, 5.74) is 2.49. The summed E-state index contributed by atoms with van der Waals surface area (Å²) in [7, 11) is 0. The van der Waals surface area contributed by atoms with E-state index in [-0.39, 0.29) is 23.8 Å². The average Bonchev–Trinajstić information content (AvgIpc) is 2.92. The van der Waals surface area contributed by atoms with Crippen molar-refractivity contribution in [2.45, 2.75) is 18.8 Å². The molecule has 37 heavy (non-hydrogen) atoms. The van der Waals surface area contributed by atoms with Crippen LogP contribution in [0.25, 0.3) is 0 Å². The molecule has 2 aromatic carbocycles. The Morgan fingerprint density at radius 2 is 1.89 bits per heavy atom. The number of fused-ring (bicyclic) bond motifs is 2. The van der Waals surface area contributed by atoms with Gasteiger partial charge in [-0.1, -0.05) is 48.1 Å². The number of aliphatic carboxylic acids is 1. The van der Waals surface area contributed by atoms with Gasteiger partial charge in [0.1, 0.15) is 23.3 Å². The van der Waals surface area contributed by atoms with E-state index in [1.54, 1.807) is 30.3 Å². The zero-order valence-electron chi connectivity index (χ0n) is 20.1. The normalized spacial score (nSPS) is 21.1. The summed E-state index contributed by atoms with van der Waals surface area (Å²) in [6.45, 7) is 0.817. The summed E-state index contributed by atoms with van der Waals surface area (Å²) in [5, 5.41) is 22.1. The Bertz CT molecular complexity index is 1380. The third-order valence-electron chi connectivity index (χ3n) is 6.86. The number of hydrogen-bond donors (Lipinski definition) is 2. The number of nitrogens with zero attached hydrogens (tertiary/aromatic N) is 1. The van der Waals surface area contributed by atoms with Gasteiger partial charge in [0.15, 0.2) is 0 Å². The molecular weight excluding hydrogens is 468 g/mol. The lowest BCUT2D eigenvalue weighted by Crippen LogP contribution is -2.26. The first-order valence-corrected chi connectivity index (χ1v) is 12.3. The monoisotopic (exact) mass is 494 g/mol. The lowest BCUT2D eigenvalue weighted by Gasteiger charge is -2.27. The molecule has 0 bridgehead atoms.